The number of quaternary nitrogens is 1. The van der Waals surface area contributed by atoms with Gasteiger partial charge in [-0.3, -0.25) is 9.59 Å². The van der Waals surface area contributed by atoms with E-state index in [9.17, 15) is 9.59 Å². The van der Waals surface area contributed by atoms with Crippen LogP contribution in [-0.4, -0.2) is 38.0 Å². The highest BCUT2D eigenvalue weighted by atomic mass is 32.2. The first-order valence-corrected chi connectivity index (χ1v) is 10.2. The Bertz CT molecular complexity index is 778. The molecule has 1 saturated carbocycles. The molecule has 0 heterocycles. The van der Waals surface area contributed by atoms with E-state index in [1.165, 1.54) is 5.56 Å². The number of hydrogen-bond acceptors (Lipinski definition) is 3. The summed E-state index contributed by atoms with van der Waals surface area (Å²) in [6, 6.07) is 18.4. The Morgan fingerprint density at radius 3 is 2.41 bits per heavy atom. The third-order valence-corrected chi connectivity index (χ3v) is 5.41. The molecule has 1 aliphatic carbocycles. The Morgan fingerprint density at radius 1 is 1.00 bits per heavy atom. The van der Waals surface area contributed by atoms with Crippen molar-refractivity contribution in [3.8, 4) is 0 Å². The fraction of sp³-hybridized carbons (Fsp3) is 0.333. The minimum Gasteiger partial charge on any atom is -0.348 e. The molecule has 27 heavy (non-hydrogen) atoms. The lowest BCUT2D eigenvalue weighted by atomic mass is 10.2. The van der Waals surface area contributed by atoms with Gasteiger partial charge in [-0.2, -0.15) is 0 Å². The SMILES string of the molecule is C[NH+](CC(=O)Nc1ccccc1SCc1ccccc1)CC(=O)NC1CC1. The van der Waals surface area contributed by atoms with Crippen molar-refractivity contribution in [2.24, 2.45) is 0 Å². The highest BCUT2D eigenvalue weighted by Gasteiger charge is 2.25. The van der Waals surface area contributed by atoms with Gasteiger partial charge in [-0.05, 0) is 30.5 Å². The number of anilines is 1. The summed E-state index contributed by atoms with van der Waals surface area (Å²) in [6.45, 7) is 0.574. The highest BCUT2D eigenvalue weighted by molar-refractivity contribution is 7.98. The van der Waals surface area contributed by atoms with Crippen LogP contribution < -0.4 is 15.5 Å². The van der Waals surface area contributed by atoms with Gasteiger partial charge in [0, 0.05) is 16.7 Å². The smallest absolute Gasteiger partial charge is 0.279 e. The average Bonchev–Trinajstić information content (AvgIpc) is 3.45. The topological polar surface area (TPSA) is 62.6 Å². The molecule has 0 saturated heterocycles. The molecule has 2 aromatic carbocycles. The molecular formula is C21H26N3O2S+. The van der Waals surface area contributed by atoms with Crippen molar-refractivity contribution in [3.63, 3.8) is 0 Å². The molecule has 1 fully saturated rings. The Balaban J connectivity index is 1.50. The molecule has 2 aromatic rings. The number of benzene rings is 2. The molecule has 0 spiro atoms. The molecule has 0 aliphatic heterocycles. The molecule has 2 amide bonds. The van der Waals surface area contributed by atoms with Gasteiger partial charge in [0.15, 0.2) is 13.1 Å². The first-order valence-electron chi connectivity index (χ1n) is 9.26. The van der Waals surface area contributed by atoms with Crippen molar-refractivity contribution < 1.29 is 14.5 Å². The van der Waals surface area contributed by atoms with Gasteiger partial charge in [0.25, 0.3) is 11.8 Å². The fourth-order valence-electron chi connectivity index (χ4n) is 2.74. The number of para-hydroxylation sites is 1. The predicted molar refractivity (Wildman–Crippen MR) is 109 cm³/mol. The van der Waals surface area contributed by atoms with Gasteiger partial charge < -0.3 is 15.5 Å². The van der Waals surface area contributed by atoms with Crippen molar-refractivity contribution in [1.29, 1.82) is 0 Å². The third-order valence-electron chi connectivity index (χ3n) is 4.27. The number of amides is 2. The van der Waals surface area contributed by atoms with Gasteiger partial charge in [-0.25, -0.2) is 0 Å². The van der Waals surface area contributed by atoms with Crippen molar-refractivity contribution >= 4 is 29.3 Å². The second-order valence-electron chi connectivity index (χ2n) is 6.97. The number of carbonyl (C=O) groups excluding carboxylic acids is 2. The van der Waals surface area contributed by atoms with E-state index < -0.39 is 0 Å². The molecule has 3 N–H and O–H groups in total. The van der Waals surface area contributed by atoms with Crippen LogP contribution in [-0.2, 0) is 15.3 Å². The molecule has 1 unspecified atom stereocenters. The van der Waals surface area contributed by atoms with Crippen LogP contribution in [0.4, 0.5) is 5.69 Å². The summed E-state index contributed by atoms with van der Waals surface area (Å²) in [7, 11) is 1.86. The quantitative estimate of drug-likeness (QED) is 0.577. The van der Waals surface area contributed by atoms with Gasteiger partial charge in [-0.1, -0.05) is 42.5 Å². The summed E-state index contributed by atoms with van der Waals surface area (Å²) >= 11 is 1.70. The lowest BCUT2D eigenvalue weighted by Gasteiger charge is -2.15. The largest absolute Gasteiger partial charge is 0.348 e. The lowest BCUT2D eigenvalue weighted by Crippen LogP contribution is -3.11. The molecule has 0 aromatic heterocycles. The number of nitrogens with one attached hydrogen (secondary N) is 3. The first-order chi connectivity index (χ1) is 13.1. The summed E-state index contributed by atoms with van der Waals surface area (Å²) in [6.07, 6.45) is 2.14. The van der Waals surface area contributed by atoms with E-state index in [-0.39, 0.29) is 18.4 Å². The molecule has 142 valence electrons. The molecule has 1 aliphatic rings. The van der Waals surface area contributed by atoms with Crippen molar-refractivity contribution in [3.05, 3.63) is 60.2 Å². The highest BCUT2D eigenvalue weighted by Crippen LogP contribution is 2.29. The second-order valence-corrected chi connectivity index (χ2v) is 7.99. The Labute approximate surface area is 164 Å². The summed E-state index contributed by atoms with van der Waals surface area (Å²) in [5.41, 5.74) is 2.06. The summed E-state index contributed by atoms with van der Waals surface area (Å²) < 4.78 is 0. The molecule has 3 rings (SSSR count). The van der Waals surface area contributed by atoms with Crippen LogP contribution in [0.15, 0.2) is 59.5 Å². The molecule has 5 nitrogen and oxygen atoms in total. The second kappa shape index (κ2) is 9.58. The number of rotatable bonds is 9. The van der Waals surface area contributed by atoms with Crippen LogP contribution in [0, 0.1) is 0 Å². The van der Waals surface area contributed by atoms with Gasteiger partial charge in [-0.15, -0.1) is 11.8 Å². The van der Waals surface area contributed by atoms with Gasteiger partial charge >= 0.3 is 0 Å². The minimum absolute atomic E-state index is 0.0154. The van der Waals surface area contributed by atoms with Gasteiger partial charge in [0.1, 0.15) is 0 Å². The lowest BCUT2D eigenvalue weighted by molar-refractivity contribution is -0.862. The zero-order valence-corrected chi connectivity index (χ0v) is 16.4. The van der Waals surface area contributed by atoms with Crippen LogP contribution >= 0.6 is 11.8 Å². The molecule has 0 radical (unpaired) electrons. The third kappa shape index (κ3) is 6.73. The van der Waals surface area contributed by atoms with Crippen LogP contribution in [0.3, 0.4) is 0 Å². The standard InChI is InChI=1S/C21H25N3O2S/c1-24(13-20(25)22-17-11-12-17)14-21(26)23-18-9-5-6-10-19(18)27-15-16-7-3-2-4-8-16/h2-10,17H,11-15H2,1H3,(H,22,25)(H,23,26)/p+1. The van der Waals surface area contributed by atoms with Crippen LogP contribution in [0.1, 0.15) is 18.4 Å². The number of hydrogen-bond donors (Lipinski definition) is 3. The van der Waals surface area contributed by atoms with E-state index in [1.54, 1.807) is 11.8 Å². The zero-order chi connectivity index (χ0) is 19.1. The number of likely N-dealkylation sites (N-methyl/N-ethyl adjacent to an activating group) is 1. The summed E-state index contributed by atoms with van der Waals surface area (Å²) in [5.74, 6) is 0.779. The average molecular weight is 385 g/mol. The fourth-order valence-corrected chi connectivity index (χ4v) is 3.71. The van der Waals surface area contributed by atoms with Gasteiger partial charge in [0.2, 0.25) is 0 Å². The molecular weight excluding hydrogens is 358 g/mol. The molecule has 6 heteroatoms. The zero-order valence-electron chi connectivity index (χ0n) is 15.5. The van der Waals surface area contributed by atoms with Gasteiger partial charge in [0.05, 0.1) is 12.7 Å². The van der Waals surface area contributed by atoms with E-state index in [0.717, 1.165) is 34.1 Å². The normalized spacial score (nSPS) is 14.4. The Hall–Kier alpha value is -2.31. The van der Waals surface area contributed by atoms with Crippen LogP contribution in [0.5, 0.6) is 0 Å². The molecule has 0 bridgehead atoms. The van der Waals surface area contributed by atoms with E-state index in [2.05, 4.69) is 22.8 Å². The Morgan fingerprint density at radius 2 is 1.67 bits per heavy atom. The minimum atomic E-state index is -0.0838. The monoisotopic (exact) mass is 384 g/mol. The maximum absolute atomic E-state index is 12.4. The molecule has 1 atom stereocenters. The van der Waals surface area contributed by atoms with Crippen molar-refractivity contribution in [1.82, 2.24) is 5.32 Å². The van der Waals surface area contributed by atoms with E-state index in [1.807, 2.05) is 49.5 Å². The first kappa shape index (κ1) is 19.5. The van der Waals surface area contributed by atoms with Crippen molar-refractivity contribution in [2.45, 2.75) is 29.5 Å². The Kier molecular flexibility index (Phi) is 6.90. The maximum atomic E-state index is 12.4. The van der Waals surface area contributed by atoms with E-state index >= 15 is 0 Å². The van der Waals surface area contributed by atoms with Crippen molar-refractivity contribution in [2.75, 3.05) is 25.5 Å². The predicted octanol–water partition coefficient (Wildman–Crippen LogP) is 1.71. The van der Waals surface area contributed by atoms with Crippen LogP contribution in [0.2, 0.25) is 0 Å². The maximum Gasteiger partial charge on any atom is 0.279 e. The van der Waals surface area contributed by atoms with Crippen LogP contribution in [0.25, 0.3) is 0 Å². The number of thioether (sulfide) groups is 1. The van der Waals surface area contributed by atoms with E-state index in [4.69, 9.17) is 0 Å². The summed E-state index contributed by atoms with van der Waals surface area (Å²) in [4.78, 5) is 26.2. The summed E-state index contributed by atoms with van der Waals surface area (Å²) in [5, 5.41) is 5.95. The number of carbonyl (C=O) groups is 2. The van der Waals surface area contributed by atoms with E-state index in [0.29, 0.717) is 12.6 Å².